The van der Waals surface area contributed by atoms with Gasteiger partial charge in [0.25, 0.3) is 8.32 Å². The Kier molecular flexibility index (Phi) is 7.78. The zero-order valence-electron chi connectivity index (χ0n) is 20.4. The van der Waals surface area contributed by atoms with Gasteiger partial charge in [-0.1, -0.05) is 34.6 Å². The van der Waals surface area contributed by atoms with Crippen molar-refractivity contribution >= 4 is 28.6 Å². The monoisotopic (exact) mass is 454 g/mol. The molecule has 6 nitrogen and oxygen atoms in total. The van der Waals surface area contributed by atoms with Crippen molar-refractivity contribution in [1.29, 1.82) is 0 Å². The van der Waals surface area contributed by atoms with Gasteiger partial charge in [0.05, 0.1) is 19.8 Å². The molecule has 1 aromatic rings. The summed E-state index contributed by atoms with van der Waals surface area (Å²) in [7, 11) is -2.34. The molecule has 170 valence electrons. The fourth-order valence-corrected chi connectivity index (χ4v) is 4.22. The Bertz CT molecular complexity index is 734. The second-order valence-electron chi connectivity index (χ2n) is 10.4. The summed E-state index contributed by atoms with van der Waals surface area (Å²) >= 11 is 0. The molecule has 30 heavy (non-hydrogen) atoms. The fraction of sp³-hybridized carbons (Fsp3) is 0.636. The summed E-state index contributed by atoms with van der Waals surface area (Å²) in [4.78, 5) is 36.1. The predicted molar refractivity (Wildman–Crippen MR) is 124 cm³/mol. The number of rotatable bonds is 7. The van der Waals surface area contributed by atoms with Crippen molar-refractivity contribution in [2.75, 3.05) is 14.2 Å². The highest BCUT2D eigenvalue weighted by Crippen LogP contribution is 2.45. The molecule has 0 saturated heterocycles. The minimum atomic E-state index is -2.62. The molecule has 0 unspecified atom stereocenters. The van der Waals surface area contributed by atoms with Crippen LogP contribution in [-0.4, -0.2) is 47.6 Å². The van der Waals surface area contributed by atoms with E-state index in [2.05, 4.69) is 33.9 Å². The highest BCUT2D eigenvalue weighted by Gasteiger charge is 2.43. The molecular weight excluding hydrogens is 416 g/mol. The molecule has 0 spiro atoms. The standard InChI is InChI=1S/C22H38O6Si2/c1-21(2,3)30(10,11)28-18-16(20(24)27-7)13-12-15(19(23)26-6)17(18)14-22(4,5)29(8,9)25/h12-13,25H,14H2,1-11H3. The van der Waals surface area contributed by atoms with Gasteiger partial charge in [0.15, 0.2) is 8.32 Å². The van der Waals surface area contributed by atoms with Gasteiger partial charge in [0.2, 0.25) is 0 Å². The van der Waals surface area contributed by atoms with Crippen LogP contribution >= 0.6 is 0 Å². The van der Waals surface area contributed by atoms with Gasteiger partial charge in [-0.15, -0.1) is 0 Å². The molecule has 0 aromatic heterocycles. The molecule has 0 saturated carbocycles. The maximum atomic E-state index is 12.6. The zero-order chi connectivity index (χ0) is 23.7. The van der Waals surface area contributed by atoms with Crippen LogP contribution in [0.4, 0.5) is 0 Å². The van der Waals surface area contributed by atoms with Crippen molar-refractivity contribution in [3.63, 3.8) is 0 Å². The molecule has 1 N–H and O–H groups in total. The van der Waals surface area contributed by atoms with Crippen LogP contribution in [0.1, 0.15) is 60.9 Å². The Morgan fingerprint density at radius 1 is 0.900 bits per heavy atom. The van der Waals surface area contributed by atoms with Gasteiger partial charge in [-0.05, 0) is 54.8 Å². The summed E-state index contributed by atoms with van der Waals surface area (Å²) in [6.45, 7) is 18.2. The quantitative estimate of drug-likeness (QED) is 0.452. The van der Waals surface area contributed by atoms with Crippen LogP contribution in [0, 0.1) is 0 Å². The summed E-state index contributed by atoms with van der Waals surface area (Å²) < 4.78 is 16.6. The average Bonchev–Trinajstić information content (AvgIpc) is 2.59. The van der Waals surface area contributed by atoms with Gasteiger partial charge in [-0.25, -0.2) is 9.59 Å². The highest BCUT2D eigenvalue weighted by molar-refractivity contribution is 6.75. The Hall–Kier alpha value is -1.65. The van der Waals surface area contributed by atoms with E-state index in [0.29, 0.717) is 23.3 Å². The molecule has 0 heterocycles. The third kappa shape index (κ3) is 5.53. The van der Waals surface area contributed by atoms with E-state index >= 15 is 0 Å². The minimum absolute atomic E-state index is 0.126. The van der Waals surface area contributed by atoms with Crippen molar-refractivity contribution in [2.45, 2.75) is 77.3 Å². The molecule has 8 heteroatoms. The van der Waals surface area contributed by atoms with Gasteiger partial charge in [0, 0.05) is 5.56 Å². The lowest BCUT2D eigenvalue weighted by Crippen LogP contribution is -2.45. The molecular formula is C22H38O6Si2. The van der Waals surface area contributed by atoms with E-state index in [4.69, 9.17) is 13.9 Å². The largest absolute Gasteiger partial charge is 0.543 e. The molecule has 0 aliphatic rings. The first-order valence-corrected chi connectivity index (χ1v) is 16.0. The van der Waals surface area contributed by atoms with Gasteiger partial charge in [-0.3, -0.25) is 0 Å². The summed E-state index contributed by atoms with van der Waals surface area (Å²) in [5.41, 5.74) is 1.19. The molecule has 0 atom stereocenters. The first-order chi connectivity index (χ1) is 13.4. The SMILES string of the molecule is COC(=O)c1ccc(C(=O)OC)c(O[Si](C)(C)C(C)(C)C)c1CC(C)(C)[Si](C)(C)O. The summed E-state index contributed by atoms with van der Waals surface area (Å²) in [5, 5.41) is -0.616. The van der Waals surface area contributed by atoms with Gasteiger partial charge in [-0.2, -0.15) is 0 Å². The lowest BCUT2D eigenvalue weighted by Gasteiger charge is -2.39. The fourth-order valence-electron chi connectivity index (χ4n) is 2.56. The van der Waals surface area contributed by atoms with Crippen molar-refractivity contribution in [1.82, 2.24) is 0 Å². The maximum Gasteiger partial charge on any atom is 0.341 e. The van der Waals surface area contributed by atoms with Crippen LogP contribution in [0.5, 0.6) is 5.75 Å². The lowest BCUT2D eigenvalue weighted by molar-refractivity contribution is 0.0583. The molecule has 1 rings (SSSR count). The van der Waals surface area contributed by atoms with E-state index in [1.807, 2.05) is 26.9 Å². The number of hydrogen-bond donors (Lipinski definition) is 1. The number of benzene rings is 1. The van der Waals surface area contributed by atoms with E-state index in [9.17, 15) is 14.4 Å². The van der Waals surface area contributed by atoms with Crippen molar-refractivity contribution in [3.05, 3.63) is 28.8 Å². The van der Waals surface area contributed by atoms with Gasteiger partial charge in [0.1, 0.15) is 11.3 Å². The normalized spacial score (nSPS) is 13.1. The number of carbonyl (C=O) groups excluding carboxylic acids is 2. The maximum absolute atomic E-state index is 12.6. The van der Waals surface area contributed by atoms with Crippen LogP contribution in [0.25, 0.3) is 0 Å². The molecule has 0 amide bonds. The number of ether oxygens (including phenoxy) is 2. The van der Waals surface area contributed by atoms with Crippen molar-refractivity contribution in [3.8, 4) is 5.75 Å². The Balaban J connectivity index is 3.90. The van der Waals surface area contributed by atoms with Crippen LogP contribution in [-0.2, 0) is 15.9 Å². The van der Waals surface area contributed by atoms with E-state index in [0.717, 1.165) is 0 Å². The van der Waals surface area contributed by atoms with Crippen LogP contribution in [0.15, 0.2) is 12.1 Å². The average molecular weight is 455 g/mol. The summed E-state index contributed by atoms with van der Waals surface area (Å²) in [6, 6.07) is 3.13. The highest BCUT2D eigenvalue weighted by atomic mass is 28.4. The second-order valence-corrected chi connectivity index (χ2v) is 19.6. The Morgan fingerprint density at radius 3 is 1.73 bits per heavy atom. The third-order valence-electron chi connectivity index (χ3n) is 6.51. The van der Waals surface area contributed by atoms with E-state index in [1.165, 1.54) is 14.2 Å². The van der Waals surface area contributed by atoms with Gasteiger partial charge < -0.3 is 18.7 Å². The molecule has 0 bridgehead atoms. The van der Waals surface area contributed by atoms with Crippen LogP contribution in [0.2, 0.25) is 36.3 Å². The predicted octanol–water partition coefficient (Wildman–Crippen LogP) is 5.16. The first kappa shape index (κ1) is 26.4. The Labute approximate surface area is 183 Å². The van der Waals surface area contributed by atoms with Gasteiger partial charge >= 0.3 is 11.9 Å². The molecule has 0 aliphatic heterocycles. The molecule has 1 aromatic carbocycles. The topological polar surface area (TPSA) is 82.1 Å². The zero-order valence-corrected chi connectivity index (χ0v) is 22.4. The minimum Gasteiger partial charge on any atom is -0.543 e. The molecule has 0 aliphatic carbocycles. The van der Waals surface area contributed by atoms with Crippen LogP contribution in [0.3, 0.4) is 0 Å². The lowest BCUT2D eigenvalue weighted by atomic mass is 9.93. The van der Waals surface area contributed by atoms with E-state index in [1.54, 1.807) is 12.1 Å². The molecule has 0 radical (unpaired) electrons. The summed E-state index contributed by atoms with van der Waals surface area (Å²) in [6.07, 6.45) is 0.363. The second kappa shape index (κ2) is 8.84. The summed E-state index contributed by atoms with van der Waals surface area (Å²) in [5.74, 6) is -0.669. The first-order valence-electron chi connectivity index (χ1n) is 10.1. The number of methoxy groups -OCH3 is 2. The smallest absolute Gasteiger partial charge is 0.341 e. The third-order valence-corrected chi connectivity index (χ3v) is 14.3. The number of carbonyl (C=O) groups is 2. The molecule has 0 fully saturated rings. The number of hydrogen-bond acceptors (Lipinski definition) is 6. The van der Waals surface area contributed by atoms with Crippen molar-refractivity contribution in [2.24, 2.45) is 0 Å². The van der Waals surface area contributed by atoms with Crippen LogP contribution < -0.4 is 4.43 Å². The number of esters is 2. The Morgan fingerprint density at radius 2 is 1.33 bits per heavy atom. The van der Waals surface area contributed by atoms with E-state index < -0.39 is 33.6 Å². The van der Waals surface area contributed by atoms with E-state index in [-0.39, 0.29) is 10.6 Å². The van der Waals surface area contributed by atoms with Crippen molar-refractivity contribution < 1.29 is 28.3 Å².